The van der Waals surface area contributed by atoms with E-state index < -0.39 is 23.8 Å². The average Bonchev–Trinajstić information content (AvgIpc) is 2.64. The molecule has 2 unspecified atom stereocenters. The molecule has 0 saturated heterocycles. The highest BCUT2D eigenvalue weighted by Gasteiger charge is 2.32. The Bertz CT molecular complexity index is 730. The summed E-state index contributed by atoms with van der Waals surface area (Å²) >= 11 is 0. The molecular weight excluding hydrogens is 383 g/mol. The van der Waals surface area contributed by atoms with E-state index in [4.69, 9.17) is 5.73 Å². The summed E-state index contributed by atoms with van der Waals surface area (Å²) in [5, 5.41) is 5.33. The first-order valence-corrected chi connectivity index (χ1v) is 8.01. The summed E-state index contributed by atoms with van der Waals surface area (Å²) in [6.45, 7) is 2.10. The molecule has 0 bridgehead atoms. The van der Waals surface area contributed by atoms with Crippen LogP contribution in [0.4, 0.5) is 19.1 Å². The standard InChI is InChI=1S/C17H20F3N5O.ClH/c1-11(14(21)12-5-3-2-4-6-12)15(26)22-9-10-24-16-23-8-7-13(25-16)17(18,19)20;/h2-8,11,14H,9-10,21H2,1H3,(H,22,26)(H,23,24,25);1H. The van der Waals surface area contributed by atoms with E-state index in [0.29, 0.717) is 0 Å². The monoisotopic (exact) mass is 403 g/mol. The summed E-state index contributed by atoms with van der Waals surface area (Å²) in [7, 11) is 0. The van der Waals surface area contributed by atoms with Gasteiger partial charge in [-0.15, -0.1) is 12.4 Å². The number of nitrogens with two attached hydrogens (primary N) is 1. The van der Waals surface area contributed by atoms with Gasteiger partial charge in [0.1, 0.15) is 5.69 Å². The lowest BCUT2D eigenvalue weighted by Crippen LogP contribution is -2.37. The number of benzene rings is 1. The van der Waals surface area contributed by atoms with Crippen LogP contribution in [0.5, 0.6) is 0 Å². The van der Waals surface area contributed by atoms with E-state index in [2.05, 4.69) is 20.6 Å². The van der Waals surface area contributed by atoms with Crippen LogP contribution in [-0.4, -0.2) is 29.0 Å². The van der Waals surface area contributed by atoms with Crippen LogP contribution in [0.3, 0.4) is 0 Å². The zero-order valence-corrected chi connectivity index (χ0v) is 15.3. The number of aromatic nitrogens is 2. The maximum Gasteiger partial charge on any atom is 0.433 e. The van der Waals surface area contributed by atoms with Crippen molar-refractivity contribution >= 4 is 24.3 Å². The van der Waals surface area contributed by atoms with Crippen molar-refractivity contribution in [3.8, 4) is 0 Å². The fourth-order valence-corrected chi connectivity index (χ4v) is 2.25. The van der Waals surface area contributed by atoms with Gasteiger partial charge in [0, 0.05) is 25.3 Å². The fraction of sp³-hybridized carbons (Fsp3) is 0.353. The highest BCUT2D eigenvalue weighted by Crippen LogP contribution is 2.27. The van der Waals surface area contributed by atoms with Gasteiger partial charge in [0.15, 0.2) is 0 Å². The Morgan fingerprint density at radius 2 is 1.85 bits per heavy atom. The minimum Gasteiger partial charge on any atom is -0.354 e. The third-order valence-corrected chi connectivity index (χ3v) is 3.79. The minimum atomic E-state index is -4.53. The van der Waals surface area contributed by atoms with Gasteiger partial charge in [-0.25, -0.2) is 9.97 Å². The summed E-state index contributed by atoms with van der Waals surface area (Å²) in [6.07, 6.45) is -3.51. The zero-order valence-electron chi connectivity index (χ0n) is 14.5. The second kappa shape index (κ2) is 10.1. The third kappa shape index (κ3) is 6.69. The van der Waals surface area contributed by atoms with Crippen LogP contribution >= 0.6 is 12.4 Å². The number of amides is 1. The maximum absolute atomic E-state index is 12.6. The number of nitrogens with zero attached hydrogens (tertiary/aromatic N) is 2. The highest BCUT2D eigenvalue weighted by molar-refractivity contribution is 5.85. The molecule has 0 aliphatic carbocycles. The lowest BCUT2D eigenvalue weighted by Gasteiger charge is -2.20. The molecule has 0 aliphatic heterocycles. The SMILES string of the molecule is CC(C(=O)NCCNc1nccc(C(F)(F)F)n1)C(N)c1ccccc1.Cl. The Kier molecular flexibility index (Phi) is 8.45. The summed E-state index contributed by atoms with van der Waals surface area (Å²) in [5.74, 6) is -0.849. The van der Waals surface area contributed by atoms with Gasteiger partial charge in [-0.05, 0) is 11.6 Å². The van der Waals surface area contributed by atoms with Gasteiger partial charge in [-0.3, -0.25) is 4.79 Å². The molecule has 2 atom stereocenters. The molecule has 0 radical (unpaired) electrons. The molecule has 6 nitrogen and oxygen atoms in total. The molecule has 2 rings (SSSR count). The van der Waals surface area contributed by atoms with E-state index in [0.717, 1.165) is 17.8 Å². The van der Waals surface area contributed by atoms with Crippen molar-refractivity contribution in [2.45, 2.75) is 19.1 Å². The van der Waals surface area contributed by atoms with E-state index in [1.807, 2.05) is 30.3 Å². The van der Waals surface area contributed by atoms with Gasteiger partial charge in [-0.1, -0.05) is 37.3 Å². The molecule has 1 aromatic carbocycles. The third-order valence-electron chi connectivity index (χ3n) is 3.79. The smallest absolute Gasteiger partial charge is 0.354 e. The van der Waals surface area contributed by atoms with Crippen molar-refractivity contribution in [2.75, 3.05) is 18.4 Å². The molecule has 0 saturated carbocycles. The van der Waals surface area contributed by atoms with Crippen LogP contribution in [-0.2, 0) is 11.0 Å². The maximum atomic E-state index is 12.6. The minimum absolute atomic E-state index is 0. The summed E-state index contributed by atoms with van der Waals surface area (Å²) in [6, 6.07) is 9.60. The molecule has 0 spiro atoms. The number of hydrogen-bond donors (Lipinski definition) is 3. The molecule has 0 fully saturated rings. The molecule has 2 aromatic rings. The number of carbonyl (C=O) groups is 1. The Labute approximate surface area is 161 Å². The summed E-state index contributed by atoms with van der Waals surface area (Å²) < 4.78 is 37.7. The normalized spacial score (nSPS) is 13.2. The second-order valence-electron chi connectivity index (χ2n) is 5.71. The molecule has 0 aliphatic rings. The molecule has 1 heterocycles. The lowest BCUT2D eigenvalue weighted by molar-refractivity contribution is -0.141. The van der Waals surface area contributed by atoms with E-state index in [1.54, 1.807) is 6.92 Å². The van der Waals surface area contributed by atoms with E-state index >= 15 is 0 Å². The Hall–Kier alpha value is -2.39. The van der Waals surface area contributed by atoms with E-state index in [1.165, 1.54) is 0 Å². The number of nitrogens with one attached hydrogen (secondary N) is 2. The molecule has 148 valence electrons. The van der Waals surface area contributed by atoms with Crippen LogP contribution in [0, 0.1) is 5.92 Å². The Balaban J connectivity index is 0.00000364. The average molecular weight is 404 g/mol. The van der Waals surface area contributed by atoms with Crippen molar-refractivity contribution in [1.29, 1.82) is 0 Å². The topological polar surface area (TPSA) is 92.9 Å². The van der Waals surface area contributed by atoms with Crippen molar-refractivity contribution in [3.63, 3.8) is 0 Å². The number of alkyl halides is 3. The van der Waals surface area contributed by atoms with Crippen LogP contribution < -0.4 is 16.4 Å². The predicted octanol–water partition coefficient (Wildman–Crippen LogP) is 2.78. The van der Waals surface area contributed by atoms with Crippen LogP contribution in [0.25, 0.3) is 0 Å². The van der Waals surface area contributed by atoms with Crippen molar-refractivity contribution in [1.82, 2.24) is 15.3 Å². The van der Waals surface area contributed by atoms with Gasteiger partial charge >= 0.3 is 6.18 Å². The predicted molar refractivity (Wildman–Crippen MR) is 98.3 cm³/mol. The van der Waals surface area contributed by atoms with E-state index in [-0.39, 0.29) is 37.4 Å². The van der Waals surface area contributed by atoms with Gasteiger partial charge in [0.2, 0.25) is 11.9 Å². The molecule has 27 heavy (non-hydrogen) atoms. The highest BCUT2D eigenvalue weighted by atomic mass is 35.5. The quantitative estimate of drug-likeness (QED) is 0.618. The van der Waals surface area contributed by atoms with Crippen molar-refractivity contribution in [2.24, 2.45) is 11.7 Å². The van der Waals surface area contributed by atoms with Crippen molar-refractivity contribution in [3.05, 3.63) is 53.9 Å². The first-order valence-electron chi connectivity index (χ1n) is 8.01. The lowest BCUT2D eigenvalue weighted by atomic mass is 9.95. The zero-order chi connectivity index (χ0) is 19.2. The van der Waals surface area contributed by atoms with E-state index in [9.17, 15) is 18.0 Å². The summed E-state index contributed by atoms with van der Waals surface area (Å²) in [5.41, 5.74) is 5.92. The number of rotatable bonds is 7. The first kappa shape index (κ1) is 22.7. The second-order valence-corrected chi connectivity index (χ2v) is 5.71. The van der Waals surface area contributed by atoms with Crippen molar-refractivity contribution < 1.29 is 18.0 Å². The Morgan fingerprint density at radius 3 is 2.48 bits per heavy atom. The molecule has 10 heteroatoms. The molecule has 1 aromatic heterocycles. The molecule has 4 N–H and O–H groups in total. The summed E-state index contributed by atoms with van der Waals surface area (Å²) in [4.78, 5) is 19.3. The van der Waals surface area contributed by atoms with Crippen LogP contribution in [0.1, 0.15) is 24.2 Å². The number of carbonyl (C=O) groups excluding carboxylic acids is 1. The van der Waals surface area contributed by atoms with Crippen LogP contribution in [0.2, 0.25) is 0 Å². The fourth-order valence-electron chi connectivity index (χ4n) is 2.25. The van der Waals surface area contributed by atoms with Gasteiger partial charge < -0.3 is 16.4 Å². The van der Waals surface area contributed by atoms with Gasteiger partial charge in [-0.2, -0.15) is 13.2 Å². The van der Waals surface area contributed by atoms with Gasteiger partial charge in [0.05, 0.1) is 5.92 Å². The number of anilines is 1. The number of hydrogen-bond acceptors (Lipinski definition) is 5. The number of halogens is 4. The molecular formula is C17H21ClF3N5O. The van der Waals surface area contributed by atoms with Crippen LogP contribution in [0.15, 0.2) is 42.6 Å². The van der Waals surface area contributed by atoms with Gasteiger partial charge in [0.25, 0.3) is 0 Å². The first-order chi connectivity index (χ1) is 12.3. The Morgan fingerprint density at radius 1 is 1.19 bits per heavy atom. The largest absolute Gasteiger partial charge is 0.433 e. The molecule has 1 amide bonds.